The average Bonchev–Trinajstić information content (AvgIpc) is 2.88. The van der Waals surface area contributed by atoms with Gasteiger partial charge in [0, 0.05) is 37.8 Å². The molecule has 0 radical (unpaired) electrons. The Bertz CT molecular complexity index is 414. The molecule has 1 heterocycles. The zero-order valence-electron chi connectivity index (χ0n) is 10.5. The van der Waals surface area contributed by atoms with E-state index in [0.29, 0.717) is 25.4 Å². The molecule has 2 unspecified atom stereocenters. The summed E-state index contributed by atoms with van der Waals surface area (Å²) in [5.41, 5.74) is 1.04. The number of nitrogens with one attached hydrogen (secondary N) is 3. The molecule has 0 saturated heterocycles. The zero-order chi connectivity index (χ0) is 13.0. The lowest BCUT2D eigenvalue weighted by Crippen LogP contribution is -2.31. The topological polar surface area (TPSA) is 74.0 Å². The Labute approximate surface area is 106 Å². The minimum atomic E-state index is -0.0413. The number of rotatable bonds is 6. The summed E-state index contributed by atoms with van der Waals surface area (Å²) in [7, 11) is 0. The monoisotopic (exact) mass is 249 g/mol. The highest BCUT2D eigenvalue weighted by Gasteiger charge is 2.38. The molecule has 1 aromatic heterocycles. The van der Waals surface area contributed by atoms with Crippen LogP contribution in [0.5, 0.6) is 0 Å². The van der Waals surface area contributed by atoms with Crippen LogP contribution in [0.2, 0.25) is 0 Å². The van der Waals surface area contributed by atoms with Crippen molar-refractivity contribution in [3.63, 3.8) is 0 Å². The van der Waals surface area contributed by atoms with Gasteiger partial charge < -0.3 is 15.6 Å². The van der Waals surface area contributed by atoms with Crippen molar-refractivity contribution in [3.8, 4) is 0 Å². The van der Waals surface area contributed by atoms with E-state index in [1.807, 2.05) is 18.5 Å². The SMILES string of the molecule is CC1CC1C(=O)NCCC(=O)NCc1cc[nH]c1. The van der Waals surface area contributed by atoms with Crippen LogP contribution in [0, 0.1) is 11.8 Å². The van der Waals surface area contributed by atoms with Crippen LogP contribution in [0.25, 0.3) is 0 Å². The largest absolute Gasteiger partial charge is 0.367 e. The number of H-pyrrole nitrogens is 1. The van der Waals surface area contributed by atoms with Crippen molar-refractivity contribution < 1.29 is 9.59 Å². The molecule has 5 heteroatoms. The van der Waals surface area contributed by atoms with E-state index in [9.17, 15) is 9.59 Å². The van der Waals surface area contributed by atoms with Crippen LogP contribution < -0.4 is 10.6 Å². The fourth-order valence-electron chi connectivity index (χ4n) is 1.88. The van der Waals surface area contributed by atoms with Crippen molar-refractivity contribution in [2.75, 3.05) is 6.54 Å². The minimum Gasteiger partial charge on any atom is -0.367 e. The van der Waals surface area contributed by atoms with E-state index in [1.54, 1.807) is 0 Å². The molecule has 2 rings (SSSR count). The lowest BCUT2D eigenvalue weighted by atomic mass is 10.3. The quantitative estimate of drug-likeness (QED) is 0.697. The van der Waals surface area contributed by atoms with Crippen LogP contribution in [-0.2, 0) is 16.1 Å². The van der Waals surface area contributed by atoms with E-state index in [0.717, 1.165) is 12.0 Å². The molecule has 1 saturated carbocycles. The molecule has 1 fully saturated rings. The van der Waals surface area contributed by atoms with E-state index in [-0.39, 0.29) is 17.7 Å². The van der Waals surface area contributed by atoms with Crippen LogP contribution >= 0.6 is 0 Å². The molecule has 1 aliphatic carbocycles. The van der Waals surface area contributed by atoms with Gasteiger partial charge in [-0.2, -0.15) is 0 Å². The molecular weight excluding hydrogens is 230 g/mol. The fraction of sp³-hybridized carbons (Fsp3) is 0.538. The van der Waals surface area contributed by atoms with Gasteiger partial charge in [-0.05, 0) is 24.0 Å². The Morgan fingerprint density at radius 1 is 1.44 bits per heavy atom. The lowest BCUT2D eigenvalue weighted by Gasteiger charge is -2.05. The highest BCUT2D eigenvalue weighted by molar-refractivity contribution is 5.82. The first-order valence-corrected chi connectivity index (χ1v) is 6.33. The number of amides is 2. The Hall–Kier alpha value is -1.78. The first kappa shape index (κ1) is 12.7. The number of hydrogen-bond donors (Lipinski definition) is 3. The normalized spacial score (nSPS) is 21.4. The molecule has 18 heavy (non-hydrogen) atoms. The second kappa shape index (κ2) is 5.71. The van der Waals surface area contributed by atoms with Crippen LogP contribution in [0.15, 0.2) is 18.5 Å². The Kier molecular flexibility index (Phi) is 4.02. The maximum atomic E-state index is 11.5. The number of aromatic nitrogens is 1. The van der Waals surface area contributed by atoms with Crippen molar-refractivity contribution in [1.29, 1.82) is 0 Å². The van der Waals surface area contributed by atoms with Gasteiger partial charge in [-0.1, -0.05) is 6.92 Å². The Balaban J connectivity index is 1.56. The van der Waals surface area contributed by atoms with Crippen LogP contribution in [-0.4, -0.2) is 23.3 Å². The molecular formula is C13H19N3O2. The highest BCUT2D eigenvalue weighted by Crippen LogP contribution is 2.37. The predicted molar refractivity (Wildman–Crippen MR) is 67.5 cm³/mol. The van der Waals surface area contributed by atoms with Crippen molar-refractivity contribution in [3.05, 3.63) is 24.0 Å². The van der Waals surface area contributed by atoms with E-state index < -0.39 is 0 Å². The van der Waals surface area contributed by atoms with Gasteiger partial charge in [0.25, 0.3) is 0 Å². The molecule has 1 aliphatic rings. The first-order valence-electron chi connectivity index (χ1n) is 6.33. The van der Waals surface area contributed by atoms with Gasteiger partial charge >= 0.3 is 0 Å². The molecule has 2 amide bonds. The van der Waals surface area contributed by atoms with Crippen molar-refractivity contribution in [2.24, 2.45) is 11.8 Å². The molecule has 98 valence electrons. The summed E-state index contributed by atoms with van der Waals surface area (Å²) in [6.45, 7) is 3.00. The smallest absolute Gasteiger partial charge is 0.223 e. The Morgan fingerprint density at radius 3 is 2.83 bits per heavy atom. The number of carbonyl (C=O) groups is 2. The first-order chi connectivity index (χ1) is 8.66. The van der Waals surface area contributed by atoms with Crippen LogP contribution in [0.3, 0.4) is 0 Å². The maximum absolute atomic E-state index is 11.5. The van der Waals surface area contributed by atoms with Gasteiger partial charge in [0.05, 0.1) is 0 Å². The van der Waals surface area contributed by atoms with Gasteiger partial charge in [0.15, 0.2) is 0 Å². The maximum Gasteiger partial charge on any atom is 0.223 e. The summed E-state index contributed by atoms with van der Waals surface area (Å²) < 4.78 is 0. The summed E-state index contributed by atoms with van der Waals surface area (Å²) in [5.74, 6) is 0.724. The van der Waals surface area contributed by atoms with Gasteiger partial charge in [-0.15, -0.1) is 0 Å². The third-order valence-corrected chi connectivity index (χ3v) is 3.25. The lowest BCUT2D eigenvalue weighted by molar-refractivity contribution is -0.123. The summed E-state index contributed by atoms with van der Waals surface area (Å²) in [6, 6.07) is 1.91. The molecule has 1 aromatic rings. The van der Waals surface area contributed by atoms with Crippen molar-refractivity contribution in [1.82, 2.24) is 15.6 Å². The molecule has 3 N–H and O–H groups in total. The number of hydrogen-bond acceptors (Lipinski definition) is 2. The fourth-order valence-corrected chi connectivity index (χ4v) is 1.88. The van der Waals surface area contributed by atoms with Crippen LogP contribution in [0.4, 0.5) is 0 Å². The van der Waals surface area contributed by atoms with Gasteiger partial charge in [-0.3, -0.25) is 9.59 Å². The number of carbonyl (C=O) groups excluding carboxylic acids is 2. The summed E-state index contributed by atoms with van der Waals surface area (Å²) in [4.78, 5) is 25.9. The minimum absolute atomic E-state index is 0.0413. The summed E-state index contributed by atoms with van der Waals surface area (Å²) >= 11 is 0. The summed E-state index contributed by atoms with van der Waals surface area (Å²) in [5, 5.41) is 5.60. The van der Waals surface area contributed by atoms with E-state index >= 15 is 0 Å². The third-order valence-electron chi connectivity index (χ3n) is 3.25. The molecule has 2 atom stereocenters. The van der Waals surface area contributed by atoms with Crippen molar-refractivity contribution in [2.45, 2.75) is 26.3 Å². The van der Waals surface area contributed by atoms with E-state index in [4.69, 9.17) is 0 Å². The molecule has 5 nitrogen and oxygen atoms in total. The molecule has 0 bridgehead atoms. The van der Waals surface area contributed by atoms with E-state index in [1.165, 1.54) is 0 Å². The Morgan fingerprint density at radius 2 is 2.22 bits per heavy atom. The second-order valence-electron chi connectivity index (χ2n) is 4.86. The van der Waals surface area contributed by atoms with Crippen molar-refractivity contribution >= 4 is 11.8 Å². The van der Waals surface area contributed by atoms with E-state index in [2.05, 4.69) is 22.5 Å². The predicted octanol–water partition coefficient (Wildman–Crippen LogP) is 0.793. The molecule has 0 aromatic carbocycles. The van der Waals surface area contributed by atoms with Gasteiger partial charge in [0.2, 0.25) is 11.8 Å². The molecule has 0 spiro atoms. The third kappa shape index (κ3) is 3.61. The standard InChI is InChI=1S/C13H19N3O2/c1-9-6-11(9)13(18)15-5-3-12(17)16-8-10-2-4-14-7-10/h2,4,7,9,11,14H,3,5-6,8H2,1H3,(H,15,18)(H,16,17). The van der Waals surface area contributed by atoms with Gasteiger partial charge in [-0.25, -0.2) is 0 Å². The zero-order valence-corrected chi connectivity index (χ0v) is 10.5. The highest BCUT2D eigenvalue weighted by atomic mass is 16.2. The number of aromatic amines is 1. The van der Waals surface area contributed by atoms with Gasteiger partial charge in [0.1, 0.15) is 0 Å². The van der Waals surface area contributed by atoms with Crippen LogP contribution in [0.1, 0.15) is 25.3 Å². The second-order valence-corrected chi connectivity index (χ2v) is 4.86. The summed E-state index contributed by atoms with van der Waals surface area (Å²) in [6.07, 6.45) is 4.97. The molecule has 0 aliphatic heterocycles. The average molecular weight is 249 g/mol.